The number of aromatic nitrogens is 1. The number of carbonyl (C=O) groups is 3. The van der Waals surface area contributed by atoms with Crippen molar-refractivity contribution < 1.29 is 27.5 Å². The van der Waals surface area contributed by atoms with Gasteiger partial charge in [0.2, 0.25) is 5.91 Å². The largest absolute Gasteiger partial charge is 0.461 e. The first-order valence-corrected chi connectivity index (χ1v) is 11.8. The lowest BCUT2D eigenvalue weighted by molar-refractivity contribution is -0.121. The predicted molar refractivity (Wildman–Crippen MR) is 118 cm³/mol. The van der Waals surface area contributed by atoms with E-state index in [0.717, 1.165) is 24.6 Å². The van der Waals surface area contributed by atoms with Gasteiger partial charge in [0.15, 0.2) is 0 Å². The molecule has 0 saturated carbocycles. The van der Waals surface area contributed by atoms with Crippen LogP contribution in [0.2, 0.25) is 0 Å². The fourth-order valence-corrected chi connectivity index (χ4v) is 3.68. The van der Waals surface area contributed by atoms with Crippen LogP contribution in [-0.2, 0) is 26.0 Å². The molecule has 9 nitrogen and oxygen atoms in total. The molecule has 0 saturated heterocycles. The second kappa shape index (κ2) is 11.9. The predicted octanol–water partition coefficient (Wildman–Crippen LogP) is 2.23. The summed E-state index contributed by atoms with van der Waals surface area (Å²) in [6.07, 6.45) is 3.96. The third-order valence-corrected chi connectivity index (χ3v) is 5.81. The van der Waals surface area contributed by atoms with E-state index in [1.165, 1.54) is 24.3 Å². The van der Waals surface area contributed by atoms with Crippen molar-refractivity contribution in [1.29, 1.82) is 0 Å². The third-order valence-electron chi connectivity index (χ3n) is 4.46. The van der Waals surface area contributed by atoms with Crippen LogP contribution >= 0.6 is 0 Å². The lowest BCUT2D eigenvalue weighted by Gasteiger charge is -2.09. The Morgan fingerprint density at radius 2 is 1.75 bits per heavy atom. The number of ether oxygens (including phenoxy) is 1. The first-order chi connectivity index (χ1) is 15.3. The van der Waals surface area contributed by atoms with E-state index in [9.17, 15) is 22.8 Å². The lowest BCUT2D eigenvalue weighted by Crippen LogP contribution is -2.30. The van der Waals surface area contributed by atoms with Crippen molar-refractivity contribution in [3.63, 3.8) is 0 Å². The highest BCUT2D eigenvalue weighted by molar-refractivity contribution is 7.90. The minimum absolute atomic E-state index is 0.00135. The zero-order chi connectivity index (χ0) is 23.6. The monoisotopic (exact) mass is 461 g/mol. The van der Waals surface area contributed by atoms with Crippen molar-refractivity contribution >= 4 is 27.8 Å². The van der Waals surface area contributed by atoms with Crippen molar-refractivity contribution in [2.24, 2.45) is 0 Å². The molecule has 10 heteroatoms. The second-order valence-electron chi connectivity index (χ2n) is 6.93. The van der Waals surface area contributed by atoms with Gasteiger partial charge in [-0.05, 0) is 49.6 Å². The standard InChI is InChI=1S/C22H27N3O6S/c1-3-5-6-20(26)23-14-13-16-7-10-18(11-8-16)32(29,30)25-21(27)17-9-12-19(24-15-17)22(28)31-4-2/h7-12,15H,3-6,13-14H2,1-2H3,(H,23,26)(H,25,27). The first kappa shape index (κ1) is 25.0. The minimum atomic E-state index is -4.09. The number of carbonyl (C=O) groups excluding carboxylic acids is 3. The van der Waals surface area contributed by atoms with Gasteiger partial charge in [0.25, 0.3) is 15.9 Å². The van der Waals surface area contributed by atoms with Crippen LogP contribution in [-0.4, -0.2) is 44.3 Å². The number of hydrogen-bond donors (Lipinski definition) is 2. The molecule has 0 spiro atoms. The Bertz CT molecular complexity index is 1030. The average molecular weight is 462 g/mol. The van der Waals surface area contributed by atoms with Crippen LogP contribution in [0.4, 0.5) is 0 Å². The number of amides is 2. The highest BCUT2D eigenvalue weighted by atomic mass is 32.2. The molecule has 1 heterocycles. The van der Waals surface area contributed by atoms with E-state index in [2.05, 4.69) is 10.3 Å². The van der Waals surface area contributed by atoms with Gasteiger partial charge in [0, 0.05) is 19.2 Å². The van der Waals surface area contributed by atoms with Gasteiger partial charge in [-0.3, -0.25) is 9.59 Å². The topological polar surface area (TPSA) is 132 Å². The number of hydrogen-bond acceptors (Lipinski definition) is 7. The van der Waals surface area contributed by atoms with Crippen LogP contribution < -0.4 is 10.0 Å². The Labute approximate surface area is 187 Å². The number of pyridine rings is 1. The summed E-state index contributed by atoms with van der Waals surface area (Å²) in [7, 11) is -4.09. The molecule has 0 aliphatic carbocycles. The van der Waals surface area contributed by atoms with Gasteiger partial charge in [-0.15, -0.1) is 0 Å². The Kier molecular flexibility index (Phi) is 9.33. The Balaban J connectivity index is 1.94. The molecule has 0 bridgehead atoms. The maximum atomic E-state index is 12.5. The zero-order valence-electron chi connectivity index (χ0n) is 18.1. The number of esters is 1. The SMILES string of the molecule is CCCCC(=O)NCCc1ccc(S(=O)(=O)NC(=O)c2ccc(C(=O)OCC)nc2)cc1. The molecule has 1 aromatic carbocycles. The summed E-state index contributed by atoms with van der Waals surface area (Å²) in [5.74, 6) is -1.50. The van der Waals surface area contributed by atoms with Crippen molar-refractivity contribution in [3.8, 4) is 0 Å². The summed E-state index contributed by atoms with van der Waals surface area (Å²) in [6, 6.07) is 8.63. The third kappa shape index (κ3) is 7.45. The number of rotatable bonds is 11. The van der Waals surface area contributed by atoms with E-state index >= 15 is 0 Å². The molecular weight excluding hydrogens is 434 g/mol. The van der Waals surface area contributed by atoms with Gasteiger partial charge in [0.1, 0.15) is 5.69 Å². The van der Waals surface area contributed by atoms with Gasteiger partial charge < -0.3 is 10.1 Å². The zero-order valence-corrected chi connectivity index (χ0v) is 18.9. The van der Waals surface area contributed by atoms with Crippen molar-refractivity contribution in [2.75, 3.05) is 13.2 Å². The quantitative estimate of drug-likeness (QED) is 0.491. The number of nitrogens with one attached hydrogen (secondary N) is 2. The van der Waals surface area contributed by atoms with Crippen LogP contribution in [0.3, 0.4) is 0 Å². The molecule has 2 amide bonds. The van der Waals surface area contributed by atoms with Crippen molar-refractivity contribution in [3.05, 3.63) is 59.4 Å². The molecular formula is C22H27N3O6S. The molecule has 0 fully saturated rings. The van der Waals surface area contributed by atoms with Crippen LogP contribution in [0.15, 0.2) is 47.5 Å². The van der Waals surface area contributed by atoms with Crippen LogP contribution in [0.25, 0.3) is 0 Å². The molecule has 0 unspecified atom stereocenters. The fraction of sp³-hybridized carbons (Fsp3) is 0.364. The van der Waals surface area contributed by atoms with Gasteiger partial charge in [-0.2, -0.15) is 0 Å². The summed E-state index contributed by atoms with van der Waals surface area (Å²) < 4.78 is 31.8. The molecule has 172 valence electrons. The van der Waals surface area contributed by atoms with E-state index in [1.54, 1.807) is 19.1 Å². The minimum Gasteiger partial charge on any atom is -0.461 e. The maximum Gasteiger partial charge on any atom is 0.356 e. The summed E-state index contributed by atoms with van der Waals surface area (Å²) in [5.41, 5.74) is 0.852. The summed E-state index contributed by atoms with van der Waals surface area (Å²) >= 11 is 0. The smallest absolute Gasteiger partial charge is 0.356 e. The fourth-order valence-electron chi connectivity index (χ4n) is 2.70. The molecule has 2 rings (SSSR count). The number of nitrogens with zero attached hydrogens (tertiary/aromatic N) is 1. The highest BCUT2D eigenvalue weighted by Crippen LogP contribution is 2.12. The molecule has 0 radical (unpaired) electrons. The number of benzene rings is 1. The van der Waals surface area contributed by atoms with Crippen LogP contribution in [0.5, 0.6) is 0 Å². The second-order valence-corrected chi connectivity index (χ2v) is 8.62. The van der Waals surface area contributed by atoms with Crippen LogP contribution in [0.1, 0.15) is 59.5 Å². The van der Waals surface area contributed by atoms with E-state index in [1.807, 2.05) is 11.6 Å². The Morgan fingerprint density at radius 1 is 1.03 bits per heavy atom. The Morgan fingerprint density at radius 3 is 2.34 bits per heavy atom. The molecule has 32 heavy (non-hydrogen) atoms. The van der Waals surface area contributed by atoms with E-state index < -0.39 is 21.9 Å². The van der Waals surface area contributed by atoms with Gasteiger partial charge in [-0.25, -0.2) is 22.9 Å². The van der Waals surface area contributed by atoms with E-state index in [4.69, 9.17) is 4.74 Å². The molecule has 0 aliphatic heterocycles. The highest BCUT2D eigenvalue weighted by Gasteiger charge is 2.19. The normalized spacial score (nSPS) is 10.9. The van der Waals surface area contributed by atoms with Crippen molar-refractivity contribution in [2.45, 2.75) is 44.4 Å². The molecule has 0 atom stereocenters. The molecule has 0 aliphatic rings. The summed E-state index contributed by atoms with van der Waals surface area (Å²) in [4.78, 5) is 39.3. The molecule has 2 N–H and O–H groups in total. The molecule has 2 aromatic rings. The van der Waals surface area contributed by atoms with E-state index in [-0.39, 0.29) is 28.7 Å². The van der Waals surface area contributed by atoms with Gasteiger partial charge in [0.05, 0.1) is 17.1 Å². The summed E-state index contributed by atoms with van der Waals surface area (Å²) in [6.45, 7) is 4.32. The maximum absolute atomic E-state index is 12.5. The van der Waals surface area contributed by atoms with Crippen LogP contribution in [0, 0.1) is 0 Å². The summed E-state index contributed by atoms with van der Waals surface area (Å²) in [5, 5.41) is 2.82. The molecule has 1 aromatic heterocycles. The Hall–Kier alpha value is -3.27. The lowest BCUT2D eigenvalue weighted by atomic mass is 10.1. The van der Waals surface area contributed by atoms with Gasteiger partial charge >= 0.3 is 5.97 Å². The first-order valence-electron chi connectivity index (χ1n) is 10.3. The average Bonchev–Trinajstić information content (AvgIpc) is 2.78. The van der Waals surface area contributed by atoms with Gasteiger partial charge in [-0.1, -0.05) is 25.5 Å². The van der Waals surface area contributed by atoms with E-state index in [0.29, 0.717) is 19.4 Å². The number of sulfonamides is 1. The van der Waals surface area contributed by atoms with Crippen molar-refractivity contribution in [1.82, 2.24) is 15.0 Å². The number of unbranched alkanes of at least 4 members (excludes halogenated alkanes) is 1.